The molecule has 1 aliphatic heterocycles. The van der Waals surface area contributed by atoms with Gasteiger partial charge in [-0.15, -0.1) is 13.2 Å². The fraction of sp³-hybridized carbons (Fsp3) is 0.619. The van der Waals surface area contributed by atoms with Crippen molar-refractivity contribution in [1.29, 1.82) is 0 Å². The minimum Gasteiger partial charge on any atom is -0.462 e. The van der Waals surface area contributed by atoms with Crippen molar-refractivity contribution in [3.8, 4) is 5.75 Å². The Morgan fingerprint density at radius 3 is 2.55 bits per heavy atom. The van der Waals surface area contributed by atoms with E-state index in [1.165, 1.54) is 12.1 Å². The standard InChI is InChI=1S/C21H29F3N2O5/c1-5-29-18(27)14-8-9-15(17(11-14)30-21(22,23)24)12-26-10-6-7-16(13-26)25-19(28)31-20(2,3)4/h8-9,11,16H,5-7,10,12-13H2,1-4H3,(H,25,28)/t16-/m1/s1. The predicted molar refractivity (Wildman–Crippen MR) is 107 cm³/mol. The van der Waals surface area contributed by atoms with Crippen LogP contribution in [-0.2, 0) is 16.0 Å². The summed E-state index contributed by atoms with van der Waals surface area (Å²) in [6, 6.07) is 3.70. The molecule has 1 fully saturated rings. The third-order valence-corrected chi connectivity index (χ3v) is 4.42. The number of hydrogen-bond donors (Lipinski definition) is 1. The molecule has 10 heteroatoms. The Bertz CT molecular complexity index is 777. The normalized spacial score (nSPS) is 17.7. The number of nitrogens with one attached hydrogen (secondary N) is 1. The number of benzene rings is 1. The second-order valence-corrected chi connectivity index (χ2v) is 8.31. The smallest absolute Gasteiger partial charge is 0.462 e. The van der Waals surface area contributed by atoms with Crippen molar-refractivity contribution in [3.05, 3.63) is 29.3 Å². The third-order valence-electron chi connectivity index (χ3n) is 4.42. The summed E-state index contributed by atoms with van der Waals surface area (Å²) >= 11 is 0. The number of carbonyl (C=O) groups is 2. The van der Waals surface area contributed by atoms with Gasteiger partial charge in [0.1, 0.15) is 11.4 Å². The van der Waals surface area contributed by atoms with Crippen molar-refractivity contribution in [1.82, 2.24) is 10.2 Å². The van der Waals surface area contributed by atoms with Gasteiger partial charge in [-0.05, 0) is 59.2 Å². The molecule has 1 aromatic carbocycles. The number of likely N-dealkylation sites (tertiary alicyclic amines) is 1. The SMILES string of the molecule is CCOC(=O)c1ccc(CN2CCC[C@@H](NC(=O)OC(C)(C)C)C2)c(OC(F)(F)F)c1. The number of rotatable bonds is 6. The summed E-state index contributed by atoms with van der Waals surface area (Å²) in [5.74, 6) is -1.17. The van der Waals surface area contributed by atoms with E-state index in [2.05, 4.69) is 10.1 Å². The first kappa shape index (κ1) is 24.8. The molecule has 174 valence electrons. The van der Waals surface area contributed by atoms with Crippen molar-refractivity contribution in [2.24, 2.45) is 0 Å². The van der Waals surface area contributed by atoms with E-state index in [0.717, 1.165) is 18.9 Å². The van der Waals surface area contributed by atoms with Gasteiger partial charge in [0.15, 0.2) is 0 Å². The maximum atomic E-state index is 12.9. The molecule has 2 rings (SSSR count). The molecule has 1 N–H and O–H groups in total. The second kappa shape index (κ2) is 10.2. The number of ether oxygens (including phenoxy) is 3. The zero-order chi connectivity index (χ0) is 23.2. The lowest BCUT2D eigenvalue weighted by molar-refractivity contribution is -0.275. The van der Waals surface area contributed by atoms with Gasteiger partial charge in [-0.3, -0.25) is 4.90 Å². The van der Waals surface area contributed by atoms with E-state index in [9.17, 15) is 22.8 Å². The van der Waals surface area contributed by atoms with Crippen LogP contribution in [0.1, 0.15) is 56.5 Å². The Morgan fingerprint density at radius 2 is 1.94 bits per heavy atom. The molecule has 31 heavy (non-hydrogen) atoms. The summed E-state index contributed by atoms with van der Waals surface area (Å²) < 4.78 is 53.0. The fourth-order valence-corrected chi connectivity index (χ4v) is 3.28. The number of alkyl carbamates (subject to hydrolysis) is 1. The van der Waals surface area contributed by atoms with Crippen molar-refractivity contribution in [3.63, 3.8) is 0 Å². The molecule has 1 aromatic rings. The highest BCUT2D eigenvalue weighted by Crippen LogP contribution is 2.29. The lowest BCUT2D eigenvalue weighted by Crippen LogP contribution is -2.48. The van der Waals surface area contributed by atoms with Gasteiger partial charge in [-0.1, -0.05) is 6.07 Å². The number of nitrogens with zero attached hydrogens (tertiary/aromatic N) is 1. The van der Waals surface area contributed by atoms with Crippen LogP contribution in [0.2, 0.25) is 0 Å². The zero-order valence-electron chi connectivity index (χ0n) is 18.2. The summed E-state index contributed by atoms with van der Waals surface area (Å²) in [6.45, 7) is 8.28. The molecule has 1 amide bonds. The highest BCUT2D eigenvalue weighted by molar-refractivity contribution is 5.90. The highest BCUT2D eigenvalue weighted by atomic mass is 19.4. The van der Waals surface area contributed by atoms with Gasteiger partial charge in [-0.2, -0.15) is 0 Å². The van der Waals surface area contributed by atoms with E-state index in [0.29, 0.717) is 13.1 Å². The third kappa shape index (κ3) is 8.64. The average molecular weight is 446 g/mol. The van der Waals surface area contributed by atoms with Gasteiger partial charge >= 0.3 is 18.4 Å². The van der Waals surface area contributed by atoms with Crippen LogP contribution < -0.4 is 10.1 Å². The highest BCUT2D eigenvalue weighted by Gasteiger charge is 2.33. The molecular weight excluding hydrogens is 417 g/mol. The molecular formula is C21H29F3N2O5. The van der Waals surface area contributed by atoms with Gasteiger partial charge in [0, 0.05) is 24.7 Å². The molecule has 0 bridgehead atoms. The first-order chi connectivity index (χ1) is 14.4. The molecule has 0 spiro atoms. The number of halogens is 3. The number of carbonyl (C=O) groups excluding carboxylic acids is 2. The Balaban J connectivity index is 2.11. The van der Waals surface area contributed by atoms with Crippen molar-refractivity contribution in [2.75, 3.05) is 19.7 Å². The van der Waals surface area contributed by atoms with Crippen LogP contribution >= 0.6 is 0 Å². The topological polar surface area (TPSA) is 77.1 Å². The molecule has 0 radical (unpaired) electrons. The van der Waals surface area contributed by atoms with Crippen LogP contribution in [0.4, 0.5) is 18.0 Å². The van der Waals surface area contributed by atoms with Gasteiger partial charge in [0.25, 0.3) is 0 Å². The number of piperidine rings is 1. The molecule has 1 atom stereocenters. The Labute approximate surface area is 179 Å². The van der Waals surface area contributed by atoms with Crippen LogP contribution in [0, 0.1) is 0 Å². The first-order valence-corrected chi connectivity index (χ1v) is 10.1. The lowest BCUT2D eigenvalue weighted by Gasteiger charge is -2.34. The van der Waals surface area contributed by atoms with Gasteiger partial charge in [0.2, 0.25) is 0 Å². The molecule has 7 nitrogen and oxygen atoms in total. The Morgan fingerprint density at radius 1 is 1.23 bits per heavy atom. The first-order valence-electron chi connectivity index (χ1n) is 10.1. The second-order valence-electron chi connectivity index (χ2n) is 8.31. The van der Waals surface area contributed by atoms with Crippen LogP contribution in [0.3, 0.4) is 0 Å². The summed E-state index contributed by atoms with van der Waals surface area (Å²) in [7, 11) is 0. The monoisotopic (exact) mass is 446 g/mol. The van der Waals surface area contributed by atoms with Crippen LogP contribution in [0.15, 0.2) is 18.2 Å². The van der Waals surface area contributed by atoms with Crippen LogP contribution in [0.5, 0.6) is 5.75 Å². The summed E-state index contributed by atoms with van der Waals surface area (Å²) in [4.78, 5) is 25.8. The maximum absolute atomic E-state index is 12.9. The molecule has 0 aromatic heterocycles. The van der Waals surface area contributed by atoms with E-state index >= 15 is 0 Å². The Hall–Kier alpha value is -2.49. The Kier molecular flexibility index (Phi) is 8.16. The summed E-state index contributed by atoms with van der Waals surface area (Å²) in [6.07, 6.45) is -3.93. The van der Waals surface area contributed by atoms with E-state index in [-0.39, 0.29) is 30.3 Å². The van der Waals surface area contributed by atoms with E-state index in [1.807, 2.05) is 4.90 Å². The van der Waals surface area contributed by atoms with Gasteiger partial charge in [-0.25, -0.2) is 9.59 Å². The van der Waals surface area contributed by atoms with Gasteiger partial charge < -0.3 is 19.5 Å². The van der Waals surface area contributed by atoms with Crippen molar-refractivity contribution >= 4 is 12.1 Å². The van der Waals surface area contributed by atoms with Crippen LogP contribution in [0.25, 0.3) is 0 Å². The van der Waals surface area contributed by atoms with Crippen molar-refractivity contribution < 1.29 is 37.0 Å². The molecule has 0 saturated carbocycles. The van der Waals surface area contributed by atoms with E-state index in [1.54, 1.807) is 27.7 Å². The molecule has 0 unspecified atom stereocenters. The largest absolute Gasteiger partial charge is 0.573 e. The quantitative estimate of drug-likeness (QED) is 0.659. The molecule has 1 heterocycles. The van der Waals surface area contributed by atoms with E-state index < -0.39 is 29.8 Å². The lowest BCUT2D eigenvalue weighted by atomic mass is 10.0. The average Bonchev–Trinajstić information content (AvgIpc) is 2.60. The maximum Gasteiger partial charge on any atom is 0.573 e. The number of amides is 1. The molecule has 1 aliphatic rings. The fourth-order valence-electron chi connectivity index (χ4n) is 3.28. The number of alkyl halides is 3. The number of esters is 1. The van der Waals surface area contributed by atoms with Crippen molar-refractivity contribution in [2.45, 2.75) is 65.1 Å². The minimum absolute atomic E-state index is 0.0204. The zero-order valence-corrected chi connectivity index (χ0v) is 18.2. The van der Waals surface area contributed by atoms with Crippen LogP contribution in [-0.4, -0.2) is 54.7 Å². The van der Waals surface area contributed by atoms with Gasteiger partial charge in [0.05, 0.1) is 12.2 Å². The molecule has 1 saturated heterocycles. The summed E-state index contributed by atoms with van der Waals surface area (Å²) in [5.41, 5.74) is -0.362. The van der Waals surface area contributed by atoms with E-state index in [4.69, 9.17) is 9.47 Å². The predicted octanol–water partition coefficient (Wildman–Crippen LogP) is 4.25. The summed E-state index contributed by atoms with van der Waals surface area (Å²) in [5, 5.41) is 2.81. The minimum atomic E-state index is -4.90. The number of hydrogen-bond acceptors (Lipinski definition) is 6. The molecule has 0 aliphatic carbocycles.